The highest BCUT2D eigenvalue weighted by Gasteiger charge is 2.39. The van der Waals surface area contributed by atoms with Crippen LogP contribution in [0.5, 0.6) is 0 Å². The van der Waals surface area contributed by atoms with Crippen LogP contribution in [0.2, 0.25) is 0 Å². The normalized spacial score (nSPS) is 14.1. The molecular weight excluding hydrogens is 741 g/mol. The molecule has 11 rings (SSSR count). The third-order valence-corrected chi connectivity index (χ3v) is 12.6. The fourth-order valence-corrected chi connectivity index (χ4v) is 9.76. The minimum atomic E-state index is -0.415. The van der Waals surface area contributed by atoms with Crippen LogP contribution in [0, 0.1) is 0 Å². The molecule has 268 valence electrons. The Hall–Kier alpha value is -6.76. The molecule has 0 saturated heterocycles. The molecule has 6 heterocycles. The first-order chi connectivity index (χ1) is 27.5. The van der Waals surface area contributed by atoms with Gasteiger partial charge in [-0.05, 0) is 36.1 Å². The number of carbonyl (C=O) groups excluding carboxylic acids is 4. The maximum atomic E-state index is 14.5. The van der Waals surface area contributed by atoms with Crippen LogP contribution in [0.1, 0.15) is 52.6 Å². The fraction of sp³-hybridized carbons (Fsp3) is 0.0909. The van der Waals surface area contributed by atoms with Crippen LogP contribution in [0.3, 0.4) is 0 Å². The second kappa shape index (κ2) is 12.4. The minimum Gasteiger partial charge on any atom is -0.274 e. The van der Waals surface area contributed by atoms with E-state index in [1.807, 2.05) is 83.6 Å². The smallest absolute Gasteiger partial charge is 0.262 e. The number of carbonyl (C=O) groups is 4. The molecule has 0 atom stereocenters. The molecule has 2 aliphatic heterocycles. The molecule has 0 saturated carbocycles. The summed E-state index contributed by atoms with van der Waals surface area (Å²) in [5.41, 5.74) is 5.78. The van der Waals surface area contributed by atoms with E-state index in [1.165, 1.54) is 32.5 Å². The van der Waals surface area contributed by atoms with Crippen molar-refractivity contribution in [2.45, 2.75) is 12.8 Å². The Labute approximate surface area is 326 Å². The van der Waals surface area contributed by atoms with Crippen LogP contribution < -0.4 is 0 Å². The lowest BCUT2D eigenvalue weighted by Gasteiger charge is -2.30. The van der Waals surface area contributed by atoms with Gasteiger partial charge >= 0.3 is 0 Å². The lowest BCUT2D eigenvalue weighted by Crippen LogP contribution is -2.42. The Bertz CT molecular complexity index is 2900. The van der Waals surface area contributed by atoms with Crippen LogP contribution in [0.25, 0.3) is 64.5 Å². The maximum absolute atomic E-state index is 14.5. The summed E-state index contributed by atoms with van der Waals surface area (Å²) < 4.78 is 0. The van der Waals surface area contributed by atoms with Crippen molar-refractivity contribution < 1.29 is 19.2 Å². The van der Waals surface area contributed by atoms with Crippen molar-refractivity contribution >= 4 is 89.7 Å². The van der Waals surface area contributed by atoms with Crippen molar-refractivity contribution in [3.8, 4) is 21.1 Å². The van der Waals surface area contributed by atoms with Gasteiger partial charge in [0.1, 0.15) is 10.0 Å². The molecule has 0 radical (unpaired) electrons. The van der Waals surface area contributed by atoms with Crippen molar-refractivity contribution in [3.05, 3.63) is 142 Å². The van der Waals surface area contributed by atoms with Crippen molar-refractivity contribution in [2.75, 3.05) is 13.1 Å². The minimum absolute atomic E-state index is 0.201. The van der Waals surface area contributed by atoms with Crippen LogP contribution in [0.15, 0.2) is 108 Å². The Kier molecular flexibility index (Phi) is 7.22. The zero-order valence-corrected chi connectivity index (χ0v) is 31.0. The molecule has 4 amide bonds. The van der Waals surface area contributed by atoms with Gasteiger partial charge in [-0.15, -0.1) is 22.7 Å². The monoisotopic (exact) mass is 766 g/mol. The number of aromatic nitrogens is 4. The van der Waals surface area contributed by atoms with E-state index in [4.69, 9.17) is 9.97 Å². The molecule has 9 aromatic rings. The number of amides is 4. The van der Waals surface area contributed by atoms with Gasteiger partial charge in [0.05, 0.1) is 22.2 Å². The highest BCUT2D eigenvalue weighted by atomic mass is 32.1. The highest BCUT2D eigenvalue weighted by Crippen LogP contribution is 2.51. The summed E-state index contributed by atoms with van der Waals surface area (Å²) in [5, 5.41) is 8.55. The van der Waals surface area contributed by atoms with Gasteiger partial charge in [0.15, 0.2) is 0 Å². The van der Waals surface area contributed by atoms with E-state index in [0.717, 1.165) is 11.1 Å². The number of benzene rings is 5. The molecule has 56 heavy (non-hydrogen) atoms. The molecule has 0 unspecified atom stereocenters. The molecule has 0 fully saturated rings. The van der Waals surface area contributed by atoms with E-state index in [9.17, 15) is 19.2 Å². The Morgan fingerprint density at radius 3 is 1.25 bits per heavy atom. The number of rotatable bonds is 8. The zero-order valence-electron chi connectivity index (χ0n) is 29.4. The molecular formula is C44H26N6O4S2. The third kappa shape index (κ3) is 4.66. The van der Waals surface area contributed by atoms with Gasteiger partial charge < -0.3 is 0 Å². The first kappa shape index (κ1) is 32.7. The molecule has 5 aromatic carbocycles. The molecule has 0 bridgehead atoms. The van der Waals surface area contributed by atoms with E-state index in [1.54, 1.807) is 24.8 Å². The van der Waals surface area contributed by atoms with Crippen LogP contribution in [0.4, 0.5) is 0 Å². The molecule has 2 aliphatic rings. The predicted molar refractivity (Wildman–Crippen MR) is 216 cm³/mol. The summed E-state index contributed by atoms with van der Waals surface area (Å²) in [5.74, 6) is -1.62. The van der Waals surface area contributed by atoms with Gasteiger partial charge in [0, 0.05) is 103 Å². The van der Waals surface area contributed by atoms with E-state index >= 15 is 0 Å². The molecule has 0 spiro atoms. The number of hydrogen-bond donors (Lipinski definition) is 0. The molecule has 4 aromatic heterocycles. The average molecular weight is 767 g/mol. The standard InChI is InChI=1S/C44H26N6O4S2/c51-41-27-19-25(39-45-13-17-55-39)33-35-31(27)29(43(53)49(41)15-11-23-7-3-1-4-8-23)21-47-37(35)34-26(40-46-14-18-56-40)20-28-32-30(22-48-38(33)36(32)34)44(54)50(42(28)52)16-12-24-9-5-2-6-10-24/h1-10,13-14,17-22H,11-12,15-16H2. The van der Waals surface area contributed by atoms with E-state index < -0.39 is 23.6 Å². The Balaban J connectivity index is 1.20. The van der Waals surface area contributed by atoms with Gasteiger partial charge in [-0.1, -0.05) is 60.7 Å². The van der Waals surface area contributed by atoms with Crippen molar-refractivity contribution in [1.82, 2.24) is 29.7 Å². The lowest BCUT2D eigenvalue weighted by atomic mass is 9.83. The van der Waals surface area contributed by atoms with Gasteiger partial charge in [-0.25, -0.2) is 9.97 Å². The van der Waals surface area contributed by atoms with Crippen molar-refractivity contribution in [3.63, 3.8) is 0 Å². The number of nitrogens with zero attached hydrogens (tertiary/aromatic N) is 6. The summed E-state index contributed by atoms with van der Waals surface area (Å²) in [7, 11) is 0. The lowest BCUT2D eigenvalue weighted by molar-refractivity contribution is 0.0596. The fourth-order valence-electron chi connectivity index (χ4n) is 8.44. The topological polar surface area (TPSA) is 126 Å². The van der Waals surface area contributed by atoms with Gasteiger partial charge in [0.25, 0.3) is 23.6 Å². The SMILES string of the molecule is O=C1c2cnc3c4c(-c5nccs5)cc5c6c(cnc(c7c(-c8nccs8)cc(c2c37)C(=O)N1CCc1ccccc1)c64)C(=O)N(CCc1ccccc1)C5=O. The van der Waals surface area contributed by atoms with E-state index in [2.05, 4.69) is 9.97 Å². The molecule has 0 N–H and O–H groups in total. The summed E-state index contributed by atoms with van der Waals surface area (Å²) in [6, 6.07) is 23.2. The highest BCUT2D eigenvalue weighted by molar-refractivity contribution is 7.13. The number of pyridine rings is 2. The quantitative estimate of drug-likeness (QED) is 0.0857. The van der Waals surface area contributed by atoms with E-state index in [-0.39, 0.29) is 13.1 Å². The summed E-state index contributed by atoms with van der Waals surface area (Å²) in [4.78, 5) is 79.7. The van der Waals surface area contributed by atoms with Gasteiger partial charge in [0.2, 0.25) is 0 Å². The number of hydrogen-bond acceptors (Lipinski definition) is 10. The van der Waals surface area contributed by atoms with Crippen LogP contribution in [-0.4, -0.2) is 66.5 Å². The van der Waals surface area contributed by atoms with Crippen LogP contribution >= 0.6 is 22.7 Å². The molecule has 10 nitrogen and oxygen atoms in total. The maximum Gasteiger partial charge on any atom is 0.262 e. The second-order valence-corrected chi connectivity index (χ2v) is 15.7. The number of imide groups is 2. The molecule has 12 heteroatoms. The zero-order chi connectivity index (χ0) is 37.7. The van der Waals surface area contributed by atoms with E-state index in [0.29, 0.717) is 99.6 Å². The van der Waals surface area contributed by atoms with Gasteiger partial charge in [-0.2, -0.15) is 0 Å². The van der Waals surface area contributed by atoms with Crippen LogP contribution in [-0.2, 0) is 12.8 Å². The summed E-state index contributed by atoms with van der Waals surface area (Å²) >= 11 is 2.84. The first-order valence-electron chi connectivity index (χ1n) is 18.1. The average Bonchev–Trinajstić information content (AvgIpc) is 3.98. The number of fused-ring (bicyclic) bond motifs is 2. The largest absolute Gasteiger partial charge is 0.274 e. The second-order valence-electron chi connectivity index (χ2n) is 13.9. The van der Waals surface area contributed by atoms with Crippen molar-refractivity contribution in [1.29, 1.82) is 0 Å². The molecule has 0 aliphatic carbocycles. The Morgan fingerprint density at radius 1 is 0.446 bits per heavy atom. The van der Waals surface area contributed by atoms with Crippen molar-refractivity contribution in [2.24, 2.45) is 0 Å². The predicted octanol–water partition coefficient (Wildman–Crippen LogP) is 8.45. The number of thiazole rings is 2. The third-order valence-electron chi connectivity index (χ3n) is 10.9. The first-order valence-corrected chi connectivity index (χ1v) is 19.8. The van der Waals surface area contributed by atoms with Gasteiger partial charge in [-0.3, -0.25) is 38.9 Å². The summed E-state index contributed by atoms with van der Waals surface area (Å²) in [6.07, 6.45) is 7.52. The summed E-state index contributed by atoms with van der Waals surface area (Å²) in [6.45, 7) is 0.402. The Morgan fingerprint density at radius 2 is 0.857 bits per heavy atom.